The summed E-state index contributed by atoms with van der Waals surface area (Å²) in [6.07, 6.45) is 0. The van der Waals surface area contributed by atoms with Crippen LogP contribution >= 0.6 is 0 Å². The first kappa shape index (κ1) is 12.0. The minimum absolute atomic E-state index is 0.171. The molecule has 1 rings (SSSR count). The fraction of sp³-hybridized carbons (Fsp3) is 0.417. The Morgan fingerprint density at radius 1 is 1.33 bits per heavy atom. The highest BCUT2D eigenvalue weighted by Crippen LogP contribution is 2.09. The molecule has 0 bridgehead atoms. The van der Waals surface area contributed by atoms with Gasteiger partial charge in [-0.3, -0.25) is 0 Å². The molecule has 2 nitrogen and oxygen atoms in total. The zero-order chi connectivity index (χ0) is 11.3. The van der Waals surface area contributed by atoms with Crippen molar-refractivity contribution in [3.05, 3.63) is 35.9 Å². The van der Waals surface area contributed by atoms with Gasteiger partial charge in [0, 0.05) is 0 Å². The molecule has 0 saturated carbocycles. The molecule has 0 aliphatic rings. The Bertz CT molecular complexity index is 309. The maximum atomic E-state index is 11.6. The fourth-order valence-corrected chi connectivity index (χ4v) is 3.46. The molecule has 1 unspecified atom stereocenters. The van der Waals surface area contributed by atoms with Crippen LogP contribution in [0.5, 0.6) is 0 Å². The summed E-state index contributed by atoms with van der Waals surface area (Å²) in [4.78, 5) is 11.6. The zero-order valence-corrected chi connectivity index (χ0v) is 10.7. The van der Waals surface area contributed by atoms with Gasteiger partial charge in [0.05, 0.1) is 5.56 Å². The van der Waals surface area contributed by atoms with Gasteiger partial charge in [0.2, 0.25) is 9.04 Å². The highest BCUT2D eigenvalue weighted by atomic mass is 28.3. The normalized spacial score (nSPS) is 12.5. The van der Waals surface area contributed by atoms with E-state index in [4.69, 9.17) is 4.43 Å². The third-order valence-electron chi connectivity index (χ3n) is 2.12. The second-order valence-electron chi connectivity index (χ2n) is 4.21. The van der Waals surface area contributed by atoms with Gasteiger partial charge in [-0.05, 0) is 30.6 Å². The molecule has 0 radical (unpaired) electrons. The van der Waals surface area contributed by atoms with Gasteiger partial charge in [0.25, 0.3) is 0 Å². The summed E-state index contributed by atoms with van der Waals surface area (Å²) in [6, 6.07) is 10.2. The molecule has 15 heavy (non-hydrogen) atoms. The molecule has 0 aliphatic carbocycles. The summed E-state index contributed by atoms with van der Waals surface area (Å²) in [5, 5.41) is 0. The minimum Gasteiger partial charge on any atom is -0.519 e. The van der Waals surface area contributed by atoms with Crippen molar-refractivity contribution in [1.82, 2.24) is 0 Å². The second kappa shape index (κ2) is 5.71. The average Bonchev–Trinajstić information content (AvgIpc) is 2.17. The lowest BCUT2D eigenvalue weighted by atomic mass is 10.2. The van der Waals surface area contributed by atoms with Gasteiger partial charge in [-0.15, -0.1) is 0 Å². The van der Waals surface area contributed by atoms with Crippen molar-refractivity contribution in [1.29, 1.82) is 0 Å². The minimum atomic E-state index is -1.34. The van der Waals surface area contributed by atoms with Gasteiger partial charge in [0.15, 0.2) is 0 Å². The molecule has 0 N–H and O–H groups in total. The highest BCUT2D eigenvalue weighted by molar-refractivity contribution is 6.52. The highest BCUT2D eigenvalue weighted by Gasteiger charge is 2.14. The number of hydrogen-bond acceptors (Lipinski definition) is 2. The van der Waals surface area contributed by atoms with Crippen molar-refractivity contribution in [3.8, 4) is 0 Å². The van der Waals surface area contributed by atoms with Crippen LogP contribution < -0.4 is 0 Å². The second-order valence-corrected chi connectivity index (χ2v) is 6.54. The topological polar surface area (TPSA) is 26.3 Å². The van der Waals surface area contributed by atoms with Crippen molar-refractivity contribution in [2.75, 3.05) is 0 Å². The third-order valence-corrected chi connectivity index (χ3v) is 4.34. The van der Waals surface area contributed by atoms with Crippen LogP contribution in [-0.2, 0) is 4.43 Å². The molecule has 0 spiro atoms. The summed E-state index contributed by atoms with van der Waals surface area (Å²) in [6.45, 7) is 6.38. The van der Waals surface area contributed by atoms with Crippen molar-refractivity contribution in [2.45, 2.75) is 26.4 Å². The Hall–Kier alpha value is -1.09. The van der Waals surface area contributed by atoms with Crippen LogP contribution in [0.4, 0.5) is 0 Å². The molecule has 82 valence electrons. The van der Waals surface area contributed by atoms with Gasteiger partial charge in [-0.25, -0.2) is 4.79 Å². The van der Waals surface area contributed by atoms with Gasteiger partial charge < -0.3 is 4.43 Å². The predicted molar refractivity (Wildman–Crippen MR) is 64.5 cm³/mol. The van der Waals surface area contributed by atoms with Crippen LogP contribution in [0.1, 0.15) is 24.2 Å². The first-order chi connectivity index (χ1) is 7.09. The van der Waals surface area contributed by atoms with Gasteiger partial charge >= 0.3 is 5.97 Å². The molecular weight excluding hydrogens is 204 g/mol. The molecular formula is C12H18O2Si. The summed E-state index contributed by atoms with van der Waals surface area (Å²) < 4.78 is 5.45. The largest absolute Gasteiger partial charge is 0.519 e. The van der Waals surface area contributed by atoms with Gasteiger partial charge in [0.1, 0.15) is 0 Å². The fourth-order valence-electron chi connectivity index (χ4n) is 1.54. The zero-order valence-electron chi connectivity index (χ0n) is 9.57. The van der Waals surface area contributed by atoms with Crippen molar-refractivity contribution in [2.24, 2.45) is 5.92 Å². The van der Waals surface area contributed by atoms with Gasteiger partial charge in [-0.2, -0.15) is 0 Å². The lowest BCUT2D eigenvalue weighted by Gasteiger charge is -2.13. The van der Waals surface area contributed by atoms with Crippen LogP contribution in [0.3, 0.4) is 0 Å². The maximum absolute atomic E-state index is 11.6. The molecule has 0 aromatic heterocycles. The number of carbonyl (C=O) groups excluding carboxylic acids is 1. The molecule has 0 fully saturated rings. The first-order valence-corrected chi connectivity index (χ1v) is 7.80. The Morgan fingerprint density at radius 2 is 1.93 bits per heavy atom. The predicted octanol–water partition coefficient (Wildman–Crippen LogP) is 2.85. The third kappa shape index (κ3) is 4.30. The SMILES string of the molecule is CC(C)C[SiH](C)OC(=O)c1ccccc1. The van der Waals surface area contributed by atoms with Crippen molar-refractivity contribution < 1.29 is 9.22 Å². The first-order valence-electron chi connectivity index (χ1n) is 5.35. The molecule has 1 aromatic rings. The standard InChI is InChI=1S/C12H18O2Si/c1-10(2)9-15(3)14-12(13)11-7-5-4-6-8-11/h4-8,10,15H,9H2,1-3H3. The van der Waals surface area contributed by atoms with E-state index < -0.39 is 9.04 Å². The van der Waals surface area contributed by atoms with E-state index in [1.54, 1.807) is 12.1 Å². The van der Waals surface area contributed by atoms with Crippen LogP contribution in [0, 0.1) is 5.92 Å². The van der Waals surface area contributed by atoms with E-state index in [1.807, 2.05) is 18.2 Å². The number of benzene rings is 1. The monoisotopic (exact) mass is 222 g/mol. The van der Waals surface area contributed by atoms with Crippen LogP contribution in [0.15, 0.2) is 30.3 Å². The van der Waals surface area contributed by atoms with Crippen molar-refractivity contribution in [3.63, 3.8) is 0 Å². The summed E-state index contributed by atoms with van der Waals surface area (Å²) in [5.74, 6) is 0.436. The quantitative estimate of drug-likeness (QED) is 0.732. The Kier molecular flexibility index (Phi) is 4.56. The Morgan fingerprint density at radius 3 is 2.47 bits per heavy atom. The number of carbonyl (C=O) groups is 1. The molecule has 0 heterocycles. The molecule has 1 aromatic carbocycles. The van der Waals surface area contributed by atoms with Crippen molar-refractivity contribution >= 4 is 15.0 Å². The van der Waals surface area contributed by atoms with Crippen LogP contribution in [0.25, 0.3) is 0 Å². The maximum Gasteiger partial charge on any atom is 0.324 e. The summed E-state index contributed by atoms with van der Waals surface area (Å²) in [7, 11) is -1.34. The lowest BCUT2D eigenvalue weighted by molar-refractivity contribution is 0.0731. The Labute approximate surface area is 93.0 Å². The molecule has 1 atom stereocenters. The molecule has 0 saturated heterocycles. The lowest BCUT2D eigenvalue weighted by Crippen LogP contribution is -2.20. The molecule has 0 aliphatic heterocycles. The van der Waals surface area contributed by atoms with Gasteiger partial charge in [-0.1, -0.05) is 32.0 Å². The summed E-state index contributed by atoms with van der Waals surface area (Å²) >= 11 is 0. The van der Waals surface area contributed by atoms with E-state index in [-0.39, 0.29) is 5.97 Å². The Balaban J connectivity index is 2.49. The van der Waals surface area contributed by atoms with E-state index in [0.717, 1.165) is 6.04 Å². The van der Waals surface area contributed by atoms with E-state index in [2.05, 4.69) is 20.4 Å². The smallest absolute Gasteiger partial charge is 0.324 e. The molecule has 3 heteroatoms. The van der Waals surface area contributed by atoms with E-state index >= 15 is 0 Å². The average molecular weight is 222 g/mol. The number of hydrogen-bond donors (Lipinski definition) is 0. The summed E-state index contributed by atoms with van der Waals surface area (Å²) in [5.41, 5.74) is 0.653. The van der Waals surface area contributed by atoms with E-state index in [0.29, 0.717) is 11.5 Å². The van der Waals surface area contributed by atoms with E-state index in [9.17, 15) is 4.79 Å². The molecule has 0 amide bonds. The number of rotatable bonds is 4. The van der Waals surface area contributed by atoms with E-state index in [1.165, 1.54) is 0 Å². The van der Waals surface area contributed by atoms with Crippen LogP contribution in [-0.4, -0.2) is 15.0 Å². The van der Waals surface area contributed by atoms with Crippen LogP contribution in [0.2, 0.25) is 12.6 Å².